The first-order valence-corrected chi connectivity index (χ1v) is 11.5. The number of benzene rings is 2. The van der Waals surface area contributed by atoms with Crippen LogP contribution in [0.4, 0.5) is 4.79 Å². The third-order valence-corrected chi connectivity index (χ3v) is 6.35. The van der Waals surface area contributed by atoms with Crippen LogP contribution in [0, 0.1) is 6.92 Å². The molecule has 1 fully saturated rings. The Morgan fingerprint density at radius 1 is 1.19 bits per heavy atom. The van der Waals surface area contributed by atoms with Crippen LogP contribution in [0.2, 0.25) is 0 Å². The second-order valence-electron chi connectivity index (χ2n) is 8.66. The van der Waals surface area contributed by atoms with E-state index in [1.54, 1.807) is 4.90 Å². The molecule has 6 heteroatoms. The minimum Gasteiger partial charge on any atom is -0.334 e. The predicted molar refractivity (Wildman–Crippen MR) is 129 cm³/mol. The Bertz CT molecular complexity index is 1130. The molecule has 2 N–H and O–H groups in total. The molecule has 1 atom stereocenters. The summed E-state index contributed by atoms with van der Waals surface area (Å²) in [4.78, 5) is 33.2. The summed E-state index contributed by atoms with van der Waals surface area (Å²) in [5, 5.41) is 4.03. The number of amides is 2. The number of likely N-dealkylation sites (tertiary alicyclic amines) is 1. The molecule has 1 aliphatic rings. The summed E-state index contributed by atoms with van der Waals surface area (Å²) in [6, 6.07) is 18.0. The molecule has 32 heavy (non-hydrogen) atoms. The minimum atomic E-state index is -0.138. The van der Waals surface area contributed by atoms with Gasteiger partial charge in [-0.05, 0) is 62.0 Å². The monoisotopic (exact) mass is 432 g/mol. The van der Waals surface area contributed by atoms with Gasteiger partial charge in [0.15, 0.2) is 0 Å². The lowest BCUT2D eigenvalue weighted by Crippen LogP contribution is -2.47. The van der Waals surface area contributed by atoms with Crippen molar-refractivity contribution in [2.24, 2.45) is 0 Å². The lowest BCUT2D eigenvalue weighted by atomic mass is 10.1. The van der Waals surface area contributed by atoms with Crippen LogP contribution >= 0.6 is 0 Å². The Morgan fingerprint density at radius 3 is 2.78 bits per heavy atom. The minimum absolute atomic E-state index is 0.138. The van der Waals surface area contributed by atoms with Gasteiger partial charge in [-0.1, -0.05) is 48.9 Å². The Labute approximate surface area is 189 Å². The van der Waals surface area contributed by atoms with Crippen molar-refractivity contribution in [1.29, 1.82) is 0 Å². The van der Waals surface area contributed by atoms with Gasteiger partial charge in [0.25, 0.3) is 5.56 Å². The highest BCUT2D eigenvalue weighted by Gasteiger charge is 2.27. The molecule has 168 valence electrons. The molecule has 3 aromatic rings. The van der Waals surface area contributed by atoms with Crippen LogP contribution in [0.5, 0.6) is 0 Å². The summed E-state index contributed by atoms with van der Waals surface area (Å²) in [5.74, 6) is 0. The zero-order valence-corrected chi connectivity index (χ0v) is 18.9. The fraction of sp³-hybridized carbons (Fsp3) is 0.385. The number of carbonyl (C=O) groups is 1. The number of nitrogens with one attached hydrogen (secondary N) is 2. The lowest BCUT2D eigenvalue weighted by Gasteiger charge is -2.30. The van der Waals surface area contributed by atoms with E-state index in [1.807, 2.05) is 55.5 Å². The summed E-state index contributed by atoms with van der Waals surface area (Å²) in [6.07, 6.45) is 2.22. The van der Waals surface area contributed by atoms with E-state index in [-0.39, 0.29) is 18.1 Å². The quantitative estimate of drug-likeness (QED) is 0.592. The van der Waals surface area contributed by atoms with Crippen molar-refractivity contribution in [3.8, 4) is 0 Å². The van der Waals surface area contributed by atoms with Gasteiger partial charge >= 0.3 is 6.03 Å². The van der Waals surface area contributed by atoms with E-state index in [9.17, 15) is 9.59 Å². The van der Waals surface area contributed by atoms with Crippen LogP contribution in [0.25, 0.3) is 10.9 Å². The molecular weight excluding hydrogens is 400 g/mol. The molecule has 1 saturated heterocycles. The number of hydrogen-bond acceptors (Lipinski definition) is 3. The molecular formula is C26H32N4O2. The van der Waals surface area contributed by atoms with Crippen molar-refractivity contribution in [2.45, 2.75) is 45.8 Å². The van der Waals surface area contributed by atoms with Gasteiger partial charge in [-0.15, -0.1) is 0 Å². The zero-order chi connectivity index (χ0) is 22.5. The number of rotatable bonds is 7. The summed E-state index contributed by atoms with van der Waals surface area (Å²) in [5.41, 5.74) is 3.48. The van der Waals surface area contributed by atoms with Crippen LogP contribution in [0.15, 0.2) is 59.4 Å². The van der Waals surface area contributed by atoms with Gasteiger partial charge in [-0.25, -0.2) is 4.79 Å². The first kappa shape index (κ1) is 22.1. The highest BCUT2D eigenvalue weighted by molar-refractivity contribution is 5.80. The SMILES string of the molecule is CCN1CCC[C@@H]1CN(Cc1cc2cc(C)ccc2[nH]c1=O)C(=O)NCc1ccccc1. The first-order valence-electron chi connectivity index (χ1n) is 11.5. The molecule has 0 saturated carbocycles. The largest absolute Gasteiger partial charge is 0.334 e. The summed E-state index contributed by atoms with van der Waals surface area (Å²) < 4.78 is 0. The average Bonchev–Trinajstić information content (AvgIpc) is 3.25. The normalized spacial score (nSPS) is 16.4. The number of likely N-dealkylation sites (N-methyl/N-ethyl adjacent to an activating group) is 1. The van der Waals surface area contributed by atoms with E-state index in [0.29, 0.717) is 24.7 Å². The molecule has 2 amide bonds. The van der Waals surface area contributed by atoms with E-state index >= 15 is 0 Å². The average molecular weight is 433 g/mol. The van der Waals surface area contributed by atoms with Gasteiger partial charge in [0, 0.05) is 30.2 Å². The highest BCUT2D eigenvalue weighted by Crippen LogP contribution is 2.19. The number of aromatic nitrogens is 1. The van der Waals surface area contributed by atoms with Crippen LogP contribution < -0.4 is 10.9 Å². The van der Waals surface area contributed by atoms with Crippen molar-refractivity contribution in [3.63, 3.8) is 0 Å². The summed E-state index contributed by atoms with van der Waals surface area (Å²) in [7, 11) is 0. The van der Waals surface area contributed by atoms with Crippen molar-refractivity contribution < 1.29 is 4.79 Å². The predicted octanol–water partition coefficient (Wildman–Crippen LogP) is 4.03. The molecule has 0 unspecified atom stereocenters. The third kappa shape index (κ3) is 5.19. The fourth-order valence-corrected chi connectivity index (χ4v) is 4.57. The van der Waals surface area contributed by atoms with Crippen LogP contribution in [-0.4, -0.2) is 46.5 Å². The second kappa shape index (κ2) is 10.0. The summed E-state index contributed by atoms with van der Waals surface area (Å²) in [6.45, 7) is 7.59. The maximum atomic E-state index is 13.2. The summed E-state index contributed by atoms with van der Waals surface area (Å²) >= 11 is 0. The van der Waals surface area contributed by atoms with Gasteiger partial charge < -0.3 is 15.2 Å². The van der Waals surface area contributed by atoms with Gasteiger partial charge in [-0.2, -0.15) is 0 Å². The Balaban J connectivity index is 1.56. The molecule has 4 rings (SSSR count). The van der Waals surface area contributed by atoms with Crippen LogP contribution in [-0.2, 0) is 13.1 Å². The van der Waals surface area contributed by atoms with Gasteiger partial charge in [-0.3, -0.25) is 9.69 Å². The number of fused-ring (bicyclic) bond motifs is 1. The van der Waals surface area contributed by atoms with E-state index in [2.05, 4.69) is 28.2 Å². The zero-order valence-electron chi connectivity index (χ0n) is 18.9. The van der Waals surface area contributed by atoms with E-state index in [0.717, 1.165) is 48.0 Å². The Hall–Kier alpha value is -3.12. The van der Waals surface area contributed by atoms with Crippen LogP contribution in [0.1, 0.15) is 36.5 Å². The number of aromatic amines is 1. The highest BCUT2D eigenvalue weighted by atomic mass is 16.2. The molecule has 0 bridgehead atoms. The van der Waals surface area contributed by atoms with Crippen molar-refractivity contribution in [2.75, 3.05) is 19.6 Å². The Morgan fingerprint density at radius 2 is 2.00 bits per heavy atom. The van der Waals surface area contributed by atoms with Gasteiger partial charge in [0.2, 0.25) is 0 Å². The van der Waals surface area contributed by atoms with Crippen LogP contribution in [0.3, 0.4) is 0 Å². The molecule has 6 nitrogen and oxygen atoms in total. The standard InChI is InChI=1S/C26H32N4O2/c1-3-29-13-7-10-23(29)18-30(26(32)27-16-20-8-5-4-6-9-20)17-22-15-21-14-19(2)11-12-24(21)28-25(22)31/h4-6,8-9,11-12,14-15,23H,3,7,10,13,16-18H2,1-2H3,(H,27,32)(H,28,31)/t23-/m1/s1. The molecule has 0 aliphatic carbocycles. The number of urea groups is 1. The number of nitrogens with zero attached hydrogens (tertiary/aromatic N) is 2. The van der Waals surface area contributed by atoms with Crippen molar-refractivity contribution in [3.05, 3.63) is 81.6 Å². The molecule has 0 radical (unpaired) electrons. The second-order valence-corrected chi connectivity index (χ2v) is 8.66. The van der Waals surface area contributed by atoms with E-state index in [4.69, 9.17) is 0 Å². The van der Waals surface area contributed by atoms with Gasteiger partial charge in [0.1, 0.15) is 0 Å². The smallest absolute Gasteiger partial charge is 0.318 e. The van der Waals surface area contributed by atoms with Gasteiger partial charge in [0.05, 0.1) is 6.54 Å². The molecule has 1 aromatic heterocycles. The number of carbonyl (C=O) groups excluding carboxylic acids is 1. The number of pyridine rings is 1. The number of aryl methyl sites for hydroxylation is 1. The van der Waals surface area contributed by atoms with Crippen molar-refractivity contribution in [1.82, 2.24) is 20.1 Å². The third-order valence-electron chi connectivity index (χ3n) is 6.35. The molecule has 2 aromatic carbocycles. The fourth-order valence-electron chi connectivity index (χ4n) is 4.57. The maximum absolute atomic E-state index is 13.2. The van der Waals surface area contributed by atoms with E-state index in [1.165, 1.54) is 0 Å². The molecule has 0 spiro atoms. The Kier molecular flexibility index (Phi) is 6.90. The number of hydrogen-bond donors (Lipinski definition) is 2. The molecule has 1 aliphatic heterocycles. The molecule has 2 heterocycles. The van der Waals surface area contributed by atoms with E-state index < -0.39 is 0 Å². The van der Waals surface area contributed by atoms with Crippen molar-refractivity contribution >= 4 is 16.9 Å². The first-order chi connectivity index (χ1) is 15.5. The lowest BCUT2D eigenvalue weighted by molar-refractivity contribution is 0.164. The number of H-pyrrole nitrogens is 1. The maximum Gasteiger partial charge on any atom is 0.318 e. The topological polar surface area (TPSA) is 68.4 Å².